The zero-order valence-corrected chi connectivity index (χ0v) is 9.53. The lowest BCUT2D eigenvalue weighted by atomic mass is 9.84. The van der Waals surface area contributed by atoms with Crippen molar-refractivity contribution in [3.8, 4) is 0 Å². The topological polar surface area (TPSA) is 20.2 Å². The van der Waals surface area contributed by atoms with Crippen LogP contribution >= 0.6 is 11.8 Å². The summed E-state index contributed by atoms with van der Waals surface area (Å²) in [7, 11) is 0. The van der Waals surface area contributed by atoms with Gasteiger partial charge in [0.15, 0.2) is 0 Å². The first-order valence-electron chi connectivity index (χ1n) is 5.01. The number of benzene rings is 1. The van der Waals surface area contributed by atoms with Crippen LogP contribution in [0.1, 0.15) is 25.0 Å². The Kier molecular flexibility index (Phi) is 2.58. The van der Waals surface area contributed by atoms with Crippen molar-refractivity contribution in [2.45, 2.75) is 30.6 Å². The zero-order valence-electron chi connectivity index (χ0n) is 8.71. The van der Waals surface area contributed by atoms with Crippen LogP contribution in [-0.2, 0) is 11.8 Å². The van der Waals surface area contributed by atoms with E-state index in [9.17, 15) is 5.11 Å². The molecule has 1 aromatic carbocycles. The second-order valence-electron chi connectivity index (χ2n) is 4.43. The van der Waals surface area contributed by atoms with E-state index < -0.39 is 0 Å². The van der Waals surface area contributed by atoms with Crippen LogP contribution in [0.4, 0.5) is 0 Å². The van der Waals surface area contributed by atoms with Crippen molar-refractivity contribution in [3.63, 3.8) is 0 Å². The van der Waals surface area contributed by atoms with Crippen molar-refractivity contribution in [3.05, 3.63) is 29.3 Å². The molecule has 1 aromatic rings. The summed E-state index contributed by atoms with van der Waals surface area (Å²) in [5.41, 5.74) is 2.65. The van der Waals surface area contributed by atoms with Gasteiger partial charge in [-0.05, 0) is 17.5 Å². The number of hydrogen-bond acceptors (Lipinski definition) is 2. The second kappa shape index (κ2) is 3.59. The van der Waals surface area contributed by atoms with Crippen LogP contribution in [0.15, 0.2) is 23.1 Å². The van der Waals surface area contributed by atoms with Crippen molar-refractivity contribution in [2.75, 3.05) is 12.4 Å². The third kappa shape index (κ3) is 1.57. The lowest BCUT2D eigenvalue weighted by Gasteiger charge is -2.24. The summed E-state index contributed by atoms with van der Waals surface area (Å²) in [6.45, 7) is 4.41. The molecule has 1 aliphatic rings. The van der Waals surface area contributed by atoms with Crippen LogP contribution in [0.3, 0.4) is 0 Å². The summed E-state index contributed by atoms with van der Waals surface area (Å²) in [6.07, 6.45) is 1.18. The Morgan fingerprint density at radius 3 is 2.93 bits per heavy atom. The van der Waals surface area contributed by atoms with Crippen molar-refractivity contribution < 1.29 is 5.11 Å². The molecule has 0 amide bonds. The molecule has 0 aliphatic carbocycles. The molecule has 0 saturated heterocycles. The third-order valence-corrected chi connectivity index (χ3v) is 4.02. The molecule has 14 heavy (non-hydrogen) atoms. The Balaban J connectivity index is 2.49. The number of aliphatic hydroxyl groups excluding tert-OH is 1. The highest BCUT2D eigenvalue weighted by atomic mass is 32.2. The fourth-order valence-electron chi connectivity index (χ4n) is 1.83. The Hall–Kier alpha value is -0.470. The second-order valence-corrected chi connectivity index (χ2v) is 5.54. The molecule has 0 bridgehead atoms. The average molecular weight is 208 g/mol. The van der Waals surface area contributed by atoms with Crippen LogP contribution in [-0.4, -0.2) is 17.5 Å². The number of rotatable bonds is 2. The van der Waals surface area contributed by atoms with Crippen molar-refractivity contribution >= 4 is 11.8 Å². The Morgan fingerprint density at radius 1 is 1.43 bits per heavy atom. The van der Waals surface area contributed by atoms with Gasteiger partial charge in [-0.2, -0.15) is 0 Å². The number of fused-ring (bicyclic) bond motifs is 1. The SMILES string of the molecule is CC(C)(CO)c1cccc2c1SCC2. The average Bonchev–Trinajstić information content (AvgIpc) is 2.64. The molecule has 0 radical (unpaired) electrons. The van der Waals surface area contributed by atoms with Crippen LogP contribution in [0.25, 0.3) is 0 Å². The lowest BCUT2D eigenvalue weighted by molar-refractivity contribution is 0.216. The van der Waals surface area contributed by atoms with E-state index in [1.54, 1.807) is 0 Å². The minimum absolute atomic E-state index is 0.108. The quantitative estimate of drug-likeness (QED) is 0.806. The molecular formula is C12H16OS. The van der Waals surface area contributed by atoms with Crippen LogP contribution in [0.2, 0.25) is 0 Å². The number of hydrogen-bond donors (Lipinski definition) is 1. The van der Waals surface area contributed by atoms with Crippen molar-refractivity contribution in [1.29, 1.82) is 0 Å². The molecule has 0 atom stereocenters. The highest BCUT2D eigenvalue weighted by Gasteiger charge is 2.26. The van der Waals surface area contributed by atoms with E-state index in [1.807, 2.05) is 11.8 Å². The maximum absolute atomic E-state index is 9.37. The largest absolute Gasteiger partial charge is 0.395 e. The molecule has 0 saturated carbocycles. The van der Waals surface area contributed by atoms with Crippen LogP contribution in [0, 0.1) is 0 Å². The van der Waals surface area contributed by atoms with E-state index in [0.29, 0.717) is 0 Å². The van der Waals surface area contributed by atoms with Crippen LogP contribution < -0.4 is 0 Å². The molecule has 0 spiro atoms. The van der Waals surface area contributed by atoms with Gasteiger partial charge in [-0.1, -0.05) is 32.0 Å². The molecule has 0 aromatic heterocycles. The van der Waals surface area contributed by atoms with Crippen LogP contribution in [0.5, 0.6) is 0 Å². The summed E-state index contributed by atoms with van der Waals surface area (Å²) >= 11 is 1.93. The molecule has 1 N–H and O–H groups in total. The predicted octanol–water partition coefficient (Wildman–Crippen LogP) is 2.60. The zero-order chi connectivity index (χ0) is 10.2. The summed E-state index contributed by atoms with van der Waals surface area (Å²) in [5.74, 6) is 1.19. The molecule has 0 fully saturated rings. The van der Waals surface area contributed by atoms with E-state index >= 15 is 0 Å². The van der Waals surface area contributed by atoms with E-state index in [4.69, 9.17) is 0 Å². The van der Waals surface area contributed by atoms with Gasteiger partial charge in [-0.15, -0.1) is 11.8 Å². The van der Waals surface area contributed by atoms with Crippen molar-refractivity contribution in [2.24, 2.45) is 0 Å². The molecule has 1 heterocycles. The van der Waals surface area contributed by atoms with E-state index in [2.05, 4.69) is 32.0 Å². The summed E-state index contributed by atoms with van der Waals surface area (Å²) in [5, 5.41) is 9.37. The predicted molar refractivity (Wildman–Crippen MR) is 61.0 cm³/mol. The first kappa shape index (κ1) is 10.1. The van der Waals surface area contributed by atoms with Gasteiger partial charge in [0.1, 0.15) is 0 Å². The first-order chi connectivity index (χ1) is 6.65. The van der Waals surface area contributed by atoms with Gasteiger partial charge in [0, 0.05) is 16.1 Å². The summed E-state index contributed by atoms with van der Waals surface area (Å²) < 4.78 is 0. The van der Waals surface area contributed by atoms with Gasteiger partial charge >= 0.3 is 0 Å². The van der Waals surface area contributed by atoms with Gasteiger partial charge < -0.3 is 5.11 Å². The fraction of sp³-hybridized carbons (Fsp3) is 0.500. The maximum Gasteiger partial charge on any atom is 0.0523 e. The van der Waals surface area contributed by atoms with Crippen molar-refractivity contribution in [1.82, 2.24) is 0 Å². The number of aryl methyl sites for hydroxylation is 1. The molecular weight excluding hydrogens is 192 g/mol. The Morgan fingerprint density at radius 2 is 2.21 bits per heavy atom. The summed E-state index contributed by atoms with van der Waals surface area (Å²) in [4.78, 5) is 1.41. The molecule has 76 valence electrons. The Labute approximate surface area is 89.5 Å². The monoisotopic (exact) mass is 208 g/mol. The maximum atomic E-state index is 9.37. The van der Waals surface area contributed by atoms with Gasteiger partial charge in [0.25, 0.3) is 0 Å². The van der Waals surface area contributed by atoms with Gasteiger partial charge in [0.2, 0.25) is 0 Å². The fourth-order valence-corrected chi connectivity index (χ4v) is 3.21. The Bertz CT molecular complexity index is 344. The normalized spacial score (nSPS) is 15.6. The molecule has 1 aliphatic heterocycles. The number of aliphatic hydroxyl groups is 1. The first-order valence-corrected chi connectivity index (χ1v) is 6.00. The molecule has 2 rings (SSSR count). The minimum atomic E-state index is -0.108. The van der Waals surface area contributed by atoms with E-state index in [1.165, 1.54) is 28.2 Å². The smallest absolute Gasteiger partial charge is 0.0523 e. The van der Waals surface area contributed by atoms with E-state index in [-0.39, 0.29) is 12.0 Å². The summed E-state index contributed by atoms with van der Waals surface area (Å²) in [6, 6.07) is 6.46. The minimum Gasteiger partial charge on any atom is -0.395 e. The third-order valence-electron chi connectivity index (χ3n) is 2.84. The van der Waals surface area contributed by atoms with Gasteiger partial charge in [-0.3, -0.25) is 0 Å². The molecule has 2 heteroatoms. The highest BCUT2D eigenvalue weighted by molar-refractivity contribution is 7.99. The standard InChI is InChI=1S/C12H16OS/c1-12(2,8-13)10-5-3-4-9-6-7-14-11(9)10/h3-5,13H,6-8H2,1-2H3. The lowest BCUT2D eigenvalue weighted by Crippen LogP contribution is -2.22. The number of thioether (sulfide) groups is 1. The molecule has 1 nitrogen and oxygen atoms in total. The van der Waals surface area contributed by atoms with E-state index in [0.717, 1.165) is 0 Å². The highest BCUT2D eigenvalue weighted by Crippen LogP contribution is 2.39. The van der Waals surface area contributed by atoms with Gasteiger partial charge in [0.05, 0.1) is 6.61 Å². The van der Waals surface area contributed by atoms with Gasteiger partial charge in [-0.25, -0.2) is 0 Å². The molecule has 0 unspecified atom stereocenters.